The number of nitrogens with zero attached hydrogens (tertiary/aromatic N) is 5. The van der Waals surface area contributed by atoms with Gasteiger partial charge in [0.2, 0.25) is 0 Å². The number of pyridine rings is 2. The molecule has 0 unspecified atom stereocenters. The molecule has 0 aliphatic heterocycles. The maximum atomic E-state index is 5.21. The SMILES string of the molecule is c1ccc(-c2nc(-c3ccccc3)nc(-c3cc(-c4ccc5cc6ccccc6cc5n4)cc(-c4ccc5cc6ccccc6cc5n4)c3)n2)cc1. The first kappa shape index (κ1) is 29.8. The van der Waals surface area contributed by atoms with Crippen LogP contribution in [0.4, 0.5) is 0 Å². The molecule has 5 nitrogen and oxygen atoms in total. The van der Waals surface area contributed by atoms with Crippen molar-refractivity contribution in [1.29, 1.82) is 0 Å². The first-order valence-corrected chi connectivity index (χ1v) is 17.3. The average molecular weight is 664 g/mol. The zero-order valence-electron chi connectivity index (χ0n) is 28.0. The molecule has 3 aromatic heterocycles. The van der Waals surface area contributed by atoms with E-state index in [0.717, 1.165) is 71.8 Å². The largest absolute Gasteiger partial charge is 0.248 e. The van der Waals surface area contributed by atoms with E-state index in [9.17, 15) is 0 Å². The molecule has 242 valence electrons. The summed E-state index contributed by atoms with van der Waals surface area (Å²) in [4.78, 5) is 25.5. The van der Waals surface area contributed by atoms with Crippen molar-refractivity contribution in [2.45, 2.75) is 0 Å². The molecule has 0 amide bonds. The Balaban J connectivity index is 1.19. The summed E-state index contributed by atoms with van der Waals surface area (Å²) in [7, 11) is 0. The minimum Gasteiger partial charge on any atom is -0.248 e. The second-order valence-corrected chi connectivity index (χ2v) is 13.0. The topological polar surface area (TPSA) is 64.5 Å². The number of aromatic nitrogens is 5. The van der Waals surface area contributed by atoms with Crippen molar-refractivity contribution < 1.29 is 0 Å². The van der Waals surface area contributed by atoms with Crippen LogP contribution in [0.3, 0.4) is 0 Å². The molecule has 7 aromatic carbocycles. The Labute approximate surface area is 300 Å². The second-order valence-electron chi connectivity index (χ2n) is 13.0. The molecule has 0 aliphatic rings. The molecule has 5 heteroatoms. The molecule has 0 atom stereocenters. The Kier molecular flexibility index (Phi) is 7.07. The van der Waals surface area contributed by atoms with Gasteiger partial charge in [0, 0.05) is 38.6 Å². The van der Waals surface area contributed by atoms with Crippen LogP contribution in [0.25, 0.3) is 100 Å². The number of rotatable bonds is 5. The monoisotopic (exact) mass is 663 g/mol. The highest BCUT2D eigenvalue weighted by Gasteiger charge is 2.16. The van der Waals surface area contributed by atoms with Crippen LogP contribution in [-0.2, 0) is 0 Å². The molecule has 0 bridgehead atoms. The molecular weight excluding hydrogens is 635 g/mol. The maximum absolute atomic E-state index is 5.21. The molecule has 3 heterocycles. The quantitative estimate of drug-likeness (QED) is 0.171. The summed E-state index contributed by atoms with van der Waals surface area (Å²) < 4.78 is 0. The van der Waals surface area contributed by atoms with Crippen LogP contribution in [0.1, 0.15) is 0 Å². The summed E-state index contributed by atoms with van der Waals surface area (Å²) in [5, 5.41) is 6.91. The van der Waals surface area contributed by atoms with Crippen LogP contribution >= 0.6 is 0 Å². The summed E-state index contributed by atoms with van der Waals surface area (Å²) in [6, 6.07) is 60.6. The van der Waals surface area contributed by atoms with Gasteiger partial charge in [0.15, 0.2) is 17.5 Å². The molecule has 0 saturated carbocycles. The van der Waals surface area contributed by atoms with Crippen molar-refractivity contribution in [3.63, 3.8) is 0 Å². The van der Waals surface area contributed by atoms with E-state index in [1.54, 1.807) is 0 Å². The molecule has 0 radical (unpaired) electrons. The van der Waals surface area contributed by atoms with Gasteiger partial charge in [0.05, 0.1) is 22.4 Å². The number of hydrogen-bond acceptors (Lipinski definition) is 5. The average Bonchev–Trinajstić information content (AvgIpc) is 3.22. The number of benzene rings is 7. The fourth-order valence-electron chi connectivity index (χ4n) is 6.94. The molecule has 0 aliphatic carbocycles. The van der Waals surface area contributed by atoms with Gasteiger partial charge in [0.25, 0.3) is 0 Å². The van der Waals surface area contributed by atoms with Crippen molar-refractivity contribution in [2.24, 2.45) is 0 Å². The third-order valence-corrected chi connectivity index (χ3v) is 9.60. The molecule has 10 aromatic rings. The third kappa shape index (κ3) is 5.51. The van der Waals surface area contributed by atoms with Crippen LogP contribution in [0.5, 0.6) is 0 Å². The van der Waals surface area contributed by atoms with Gasteiger partial charge in [-0.3, -0.25) is 0 Å². The lowest BCUT2D eigenvalue weighted by Crippen LogP contribution is -2.00. The molecule has 0 spiro atoms. The molecule has 10 rings (SSSR count). The predicted molar refractivity (Wildman–Crippen MR) is 213 cm³/mol. The van der Waals surface area contributed by atoms with E-state index in [4.69, 9.17) is 24.9 Å². The zero-order chi connectivity index (χ0) is 34.4. The van der Waals surface area contributed by atoms with Crippen LogP contribution in [-0.4, -0.2) is 24.9 Å². The Morgan fingerprint density at radius 1 is 0.231 bits per heavy atom. The van der Waals surface area contributed by atoms with E-state index in [-0.39, 0.29) is 0 Å². The van der Waals surface area contributed by atoms with Gasteiger partial charge >= 0.3 is 0 Å². The van der Waals surface area contributed by atoms with E-state index in [1.165, 1.54) is 10.8 Å². The molecule has 0 N–H and O–H groups in total. The van der Waals surface area contributed by atoms with Gasteiger partial charge in [-0.1, -0.05) is 121 Å². The van der Waals surface area contributed by atoms with Crippen LogP contribution in [0, 0.1) is 0 Å². The van der Waals surface area contributed by atoms with Gasteiger partial charge < -0.3 is 0 Å². The minimum absolute atomic E-state index is 0.578. The first-order valence-electron chi connectivity index (χ1n) is 17.3. The normalized spacial score (nSPS) is 11.5. The zero-order valence-corrected chi connectivity index (χ0v) is 28.0. The van der Waals surface area contributed by atoms with Crippen molar-refractivity contribution in [2.75, 3.05) is 0 Å². The van der Waals surface area contributed by atoms with Gasteiger partial charge in [-0.2, -0.15) is 0 Å². The predicted octanol–water partition coefficient (Wildman–Crippen LogP) is 11.6. The van der Waals surface area contributed by atoms with E-state index in [1.807, 2.05) is 60.7 Å². The first-order chi connectivity index (χ1) is 25.7. The number of hydrogen-bond donors (Lipinski definition) is 0. The van der Waals surface area contributed by atoms with Crippen LogP contribution in [0.2, 0.25) is 0 Å². The van der Waals surface area contributed by atoms with Crippen molar-refractivity contribution in [3.05, 3.63) is 176 Å². The summed E-state index contributed by atoms with van der Waals surface area (Å²) in [5.41, 5.74) is 8.20. The standard InChI is InChI=1S/C47H29N5/c1-3-11-30(12-4-1)45-50-46(31-13-5-2-6-14-31)52-47(51-45)40-26-38(41-21-19-36-23-32-15-7-9-17-34(32)28-43(36)48-41)25-39(27-40)42-22-20-37-24-33-16-8-10-18-35(33)29-44(37)49-42/h1-29H. The third-order valence-electron chi connectivity index (χ3n) is 9.60. The highest BCUT2D eigenvalue weighted by Crippen LogP contribution is 2.34. The van der Waals surface area contributed by atoms with E-state index >= 15 is 0 Å². The summed E-state index contributed by atoms with van der Waals surface area (Å²) >= 11 is 0. The molecule has 0 saturated heterocycles. The maximum Gasteiger partial charge on any atom is 0.164 e. The Bertz CT molecular complexity index is 2760. The van der Waals surface area contributed by atoms with Crippen molar-refractivity contribution in [3.8, 4) is 56.7 Å². The molecular formula is C47H29N5. The van der Waals surface area contributed by atoms with Crippen molar-refractivity contribution in [1.82, 2.24) is 24.9 Å². The molecule has 52 heavy (non-hydrogen) atoms. The smallest absolute Gasteiger partial charge is 0.164 e. The summed E-state index contributed by atoms with van der Waals surface area (Å²) in [5.74, 6) is 1.81. The second kappa shape index (κ2) is 12.3. The van der Waals surface area contributed by atoms with E-state index < -0.39 is 0 Å². The highest BCUT2D eigenvalue weighted by atomic mass is 15.0. The van der Waals surface area contributed by atoms with Crippen LogP contribution < -0.4 is 0 Å². The fourth-order valence-corrected chi connectivity index (χ4v) is 6.94. The fraction of sp³-hybridized carbons (Fsp3) is 0. The Morgan fingerprint density at radius 2 is 0.596 bits per heavy atom. The Hall–Kier alpha value is -7.11. The summed E-state index contributed by atoms with van der Waals surface area (Å²) in [6.07, 6.45) is 0. The van der Waals surface area contributed by atoms with Gasteiger partial charge in [-0.05, 0) is 76.1 Å². The lowest BCUT2D eigenvalue weighted by molar-refractivity contribution is 1.07. The number of fused-ring (bicyclic) bond motifs is 4. The van der Waals surface area contributed by atoms with Gasteiger partial charge in [-0.25, -0.2) is 24.9 Å². The lowest BCUT2D eigenvalue weighted by Gasteiger charge is -2.13. The van der Waals surface area contributed by atoms with E-state index in [0.29, 0.717) is 17.5 Å². The molecule has 0 fully saturated rings. The van der Waals surface area contributed by atoms with Gasteiger partial charge in [-0.15, -0.1) is 0 Å². The Morgan fingerprint density at radius 3 is 1.04 bits per heavy atom. The van der Waals surface area contributed by atoms with Crippen molar-refractivity contribution >= 4 is 43.4 Å². The summed E-state index contributed by atoms with van der Waals surface area (Å²) in [6.45, 7) is 0. The van der Waals surface area contributed by atoms with Gasteiger partial charge in [0.1, 0.15) is 0 Å². The van der Waals surface area contributed by atoms with Crippen LogP contribution in [0.15, 0.2) is 176 Å². The minimum atomic E-state index is 0.578. The lowest BCUT2D eigenvalue weighted by atomic mass is 9.98. The van der Waals surface area contributed by atoms with E-state index in [2.05, 4.69) is 115 Å². The highest BCUT2D eigenvalue weighted by molar-refractivity contribution is 5.98.